The first-order valence-corrected chi connectivity index (χ1v) is 9.23. The van der Waals surface area contributed by atoms with Crippen molar-refractivity contribution in [2.24, 2.45) is 0 Å². The van der Waals surface area contributed by atoms with E-state index in [-0.39, 0.29) is 30.6 Å². The number of fused-ring (bicyclic) bond motifs is 1. The maximum absolute atomic E-state index is 12.7. The summed E-state index contributed by atoms with van der Waals surface area (Å²) in [4.78, 5) is 49.6. The van der Waals surface area contributed by atoms with Gasteiger partial charge < -0.3 is 10.4 Å². The Hall–Kier alpha value is -2.74. The number of carbonyl (C=O) groups is 4. The fourth-order valence-corrected chi connectivity index (χ4v) is 3.40. The number of nitrogens with zero attached hydrogens (tertiary/aromatic N) is 1. The number of unbranched alkanes of at least 4 members (excludes halogenated alkanes) is 3. The highest BCUT2D eigenvalue weighted by Gasteiger charge is 2.44. The Labute approximate surface area is 156 Å². The predicted molar refractivity (Wildman–Crippen MR) is 97.2 cm³/mol. The van der Waals surface area contributed by atoms with Crippen molar-refractivity contribution in [1.82, 2.24) is 10.2 Å². The summed E-state index contributed by atoms with van der Waals surface area (Å²) in [6, 6.07) is 4.02. The quantitative estimate of drug-likeness (QED) is 0.463. The Kier molecular flexibility index (Phi) is 5.85. The lowest BCUT2D eigenvalue weighted by atomic mass is 10.0. The third-order valence-corrected chi connectivity index (χ3v) is 4.85. The number of imide groups is 2. The third kappa shape index (κ3) is 4.00. The van der Waals surface area contributed by atoms with Gasteiger partial charge in [0.1, 0.15) is 6.04 Å². The minimum Gasteiger partial charge on any atom is -0.396 e. The van der Waals surface area contributed by atoms with E-state index in [4.69, 9.17) is 5.11 Å². The van der Waals surface area contributed by atoms with Crippen LogP contribution in [0.2, 0.25) is 0 Å². The molecule has 4 amide bonds. The highest BCUT2D eigenvalue weighted by atomic mass is 16.3. The standard InChI is InChI=1S/C19H23N3O5/c23-10-4-2-1-3-9-20-12-5-6-13-14(11-12)19(27)22(18(13)26)15-7-8-16(24)21-17(15)25/h5-6,11,15,20,23H,1-4,7-10H2,(H,21,24,25). The topological polar surface area (TPSA) is 116 Å². The van der Waals surface area contributed by atoms with Gasteiger partial charge in [0, 0.05) is 25.3 Å². The van der Waals surface area contributed by atoms with Gasteiger partial charge in [-0.15, -0.1) is 0 Å². The molecule has 0 aromatic heterocycles. The fourth-order valence-electron chi connectivity index (χ4n) is 3.40. The lowest BCUT2D eigenvalue weighted by molar-refractivity contribution is -0.136. The molecule has 2 aliphatic heterocycles. The molecule has 1 atom stereocenters. The van der Waals surface area contributed by atoms with Crippen LogP contribution < -0.4 is 10.6 Å². The molecule has 27 heavy (non-hydrogen) atoms. The highest BCUT2D eigenvalue weighted by molar-refractivity contribution is 6.23. The van der Waals surface area contributed by atoms with E-state index in [0.29, 0.717) is 0 Å². The van der Waals surface area contributed by atoms with E-state index < -0.39 is 29.7 Å². The van der Waals surface area contributed by atoms with Crippen LogP contribution in [0.1, 0.15) is 59.2 Å². The number of hydrogen-bond acceptors (Lipinski definition) is 6. The zero-order valence-corrected chi connectivity index (χ0v) is 15.0. The van der Waals surface area contributed by atoms with Gasteiger partial charge in [0.25, 0.3) is 11.8 Å². The van der Waals surface area contributed by atoms with E-state index in [1.165, 1.54) is 0 Å². The summed E-state index contributed by atoms with van der Waals surface area (Å²) in [7, 11) is 0. The summed E-state index contributed by atoms with van der Waals surface area (Å²) in [6.45, 7) is 0.932. The monoisotopic (exact) mass is 373 g/mol. The van der Waals surface area contributed by atoms with Crippen molar-refractivity contribution < 1.29 is 24.3 Å². The van der Waals surface area contributed by atoms with Gasteiger partial charge in [0.2, 0.25) is 11.8 Å². The largest absolute Gasteiger partial charge is 0.396 e. The number of rotatable bonds is 8. The molecule has 1 aromatic carbocycles. The van der Waals surface area contributed by atoms with Crippen LogP contribution >= 0.6 is 0 Å². The second kappa shape index (κ2) is 8.30. The van der Waals surface area contributed by atoms with Gasteiger partial charge in [-0.05, 0) is 37.5 Å². The van der Waals surface area contributed by atoms with Gasteiger partial charge in [-0.3, -0.25) is 29.4 Å². The van der Waals surface area contributed by atoms with E-state index >= 15 is 0 Å². The molecule has 3 N–H and O–H groups in total. The number of benzene rings is 1. The van der Waals surface area contributed by atoms with Crippen molar-refractivity contribution in [2.75, 3.05) is 18.5 Å². The molecule has 0 spiro atoms. The molecule has 1 aromatic rings. The van der Waals surface area contributed by atoms with E-state index in [1.807, 2.05) is 0 Å². The maximum atomic E-state index is 12.7. The molecule has 144 valence electrons. The van der Waals surface area contributed by atoms with E-state index in [1.54, 1.807) is 18.2 Å². The number of hydrogen-bond donors (Lipinski definition) is 3. The lowest BCUT2D eigenvalue weighted by Crippen LogP contribution is -2.54. The van der Waals surface area contributed by atoms with Crippen LogP contribution in [0.15, 0.2) is 18.2 Å². The van der Waals surface area contributed by atoms with Gasteiger partial charge in [0.15, 0.2) is 0 Å². The summed E-state index contributed by atoms with van der Waals surface area (Å²) in [5.74, 6) is -2.00. The lowest BCUT2D eigenvalue weighted by Gasteiger charge is -2.27. The Balaban J connectivity index is 1.66. The summed E-state index contributed by atoms with van der Waals surface area (Å²) in [6.07, 6.45) is 3.95. The van der Waals surface area contributed by atoms with Crippen molar-refractivity contribution in [3.8, 4) is 0 Å². The van der Waals surface area contributed by atoms with Crippen molar-refractivity contribution in [1.29, 1.82) is 0 Å². The molecule has 1 fully saturated rings. The van der Waals surface area contributed by atoms with E-state index in [9.17, 15) is 19.2 Å². The average molecular weight is 373 g/mol. The number of piperidine rings is 1. The first-order valence-electron chi connectivity index (χ1n) is 9.23. The number of nitrogens with one attached hydrogen (secondary N) is 2. The van der Waals surface area contributed by atoms with E-state index in [2.05, 4.69) is 10.6 Å². The molecule has 8 nitrogen and oxygen atoms in total. The van der Waals surface area contributed by atoms with E-state index in [0.717, 1.165) is 42.8 Å². The summed E-state index contributed by atoms with van der Waals surface area (Å²) >= 11 is 0. The Morgan fingerprint density at radius 3 is 2.52 bits per heavy atom. The number of aliphatic hydroxyl groups excluding tert-OH is 1. The molecule has 2 heterocycles. The van der Waals surface area contributed by atoms with Gasteiger partial charge in [-0.25, -0.2) is 0 Å². The smallest absolute Gasteiger partial charge is 0.262 e. The zero-order chi connectivity index (χ0) is 19.4. The second-order valence-electron chi connectivity index (χ2n) is 6.77. The average Bonchev–Trinajstić information content (AvgIpc) is 2.89. The minimum absolute atomic E-state index is 0.104. The normalized spacial score (nSPS) is 19.3. The fraction of sp³-hybridized carbons (Fsp3) is 0.474. The molecular formula is C19H23N3O5. The Morgan fingerprint density at radius 2 is 1.78 bits per heavy atom. The number of anilines is 1. The predicted octanol–water partition coefficient (Wildman–Crippen LogP) is 1.05. The number of aliphatic hydroxyl groups is 1. The van der Waals surface area contributed by atoms with Gasteiger partial charge in [-0.2, -0.15) is 0 Å². The van der Waals surface area contributed by atoms with Gasteiger partial charge in [-0.1, -0.05) is 12.8 Å². The van der Waals surface area contributed by atoms with Crippen LogP contribution in [0.5, 0.6) is 0 Å². The van der Waals surface area contributed by atoms with Crippen LogP contribution in [0.4, 0.5) is 5.69 Å². The third-order valence-electron chi connectivity index (χ3n) is 4.85. The zero-order valence-electron chi connectivity index (χ0n) is 15.0. The molecule has 3 rings (SSSR count). The van der Waals surface area contributed by atoms with Crippen LogP contribution in [0.3, 0.4) is 0 Å². The number of carbonyl (C=O) groups excluding carboxylic acids is 4. The molecular weight excluding hydrogens is 350 g/mol. The summed E-state index contributed by atoms with van der Waals surface area (Å²) in [5.41, 5.74) is 1.29. The van der Waals surface area contributed by atoms with Crippen molar-refractivity contribution in [2.45, 2.75) is 44.6 Å². The number of amides is 4. The Morgan fingerprint density at radius 1 is 1.04 bits per heavy atom. The van der Waals surface area contributed by atoms with Crippen molar-refractivity contribution in [3.63, 3.8) is 0 Å². The molecule has 0 bridgehead atoms. The molecule has 0 saturated carbocycles. The molecule has 0 radical (unpaired) electrons. The summed E-state index contributed by atoms with van der Waals surface area (Å²) in [5, 5.41) is 14.2. The van der Waals surface area contributed by atoms with Crippen LogP contribution in [-0.4, -0.2) is 52.8 Å². The second-order valence-corrected chi connectivity index (χ2v) is 6.77. The molecule has 8 heteroatoms. The molecule has 1 saturated heterocycles. The Bertz CT molecular complexity index is 777. The SMILES string of the molecule is O=C1CCC(N2C(=O)c3ccc(NCCCCCCO)cc3C2=O)C(=O)N1. The van der Waals surface area contributed by atoms with Crippen molar-refractivity contribution in [3.05, 3.63) is 29.3 Å². The maximum Gasteiger partial charge on any atom is 0.262 e. The van der Waals surface area contributed by atoms with Crippen LogP contribution in [0.25, 0.3) is 0 Å². The first-order chi connectivity index (χ1) is 13.0. The van der Waals surface area contributed by atoms with Crippen molar-refractivity contribution >= 4 is 29.3 Å². The minimum atomic E-state index is -0.946. The van der Waals surface area contributed by atoms with Crippen LogP contribution in [-0.2, 0) is 9.59 Å². The molecule has 1 unspecified atom stereocenters. The van der Waals surface area contributed by atoms with Crippen LogP contribution in [0, 0.1) is 0 Å². The molecule has 0 aliphatic carbocycles. The summed E-state index contributed by atoms with van der Waals surface area (Å²) < 4.78 is 0. The van der Waals surface area contributed by atoms with Gasteiger partial charge in [0.05, 0.1) is 11.1 Å². The van der Waals surface area contributed by atoms with Gasteiger partial charge >= 0.3 is 0 Å². The first kappa shape index (κ1) is 19.0. The highest BCUT2D eigenvalue weighted by Crippen LogP contribution is 2.29. The molecule has 2 aliphatic rings.